The van der Waals surface area contributed by atoms with Crippen LogP contribution in [0, 0.1) is 5.92 Å². The Morgan fingerprint density at radius 2 is 2.20 bits per heavy atom. The monoisotopic (exact) mass is 302 g/mol. The third kappa shape index (κ3) is 5.71. The van der Waals surface area contributed by atoms with Crippen LogP contribution in [0.4, 0.5) is 0 Å². The Morgan fingerprint density at radius 1 is 1.45 bits per heavy atom. The first-order valence-electron chi connectivity index (χ1n) is 7.37. The molecule has 1 saturated heterocycles. The van der Waals surface area contributed by atoms with Gasteiger partial charge in [-0.3, -0.25) is 9.59 Å². The number of carbonyl (C=O) groups is 2. The first-order valence-corrected chi connectivity index (χ1v) is 8.53. The maximum Gasteiger partial charge on any atom is 0.305 e. The van der Waals surface area contributed by atoms with Crippen molar-refractivity contribution in [1.29, 1.82) is 0 Å². The number of hydrogen-bond acceptors (Lipinski definition) is 4. The molecule has 6 heteroatoms. The zero-order valence-corrected chi connectivity index (χ0v) is 13.0. The molecular formula is C14H26N2O3S. The van der Waals surface area contributed by atoms with Crippen molar-refractivity contribution in [3.63, 3.8) is 0 Å². The Morgan fingerprint density at radius 3 is 2.80 bits per heavy atom. The van der Waals surface area contributed by atoms with Crippen molar-refractivity contribution >= 4 is 23.6 Å². The molecule has 0 saturated carbocycles. The zero-order chi connectivity index (χ0) is 15.0. The number of hydrogen-bond donors (Lipinski definition) is 2. The molecule has 20 heavy (non-hydrogen) atoms. The van der Waals surface area contributed by atoms with Crippen LogP contribution in [0.3, 0.4) is 0 Å². The molecule has 2 unspecified atom stereocenters. The Hall–Kier alpha value is -0.750. The van der Waals surface area contributed by atoms with Gasteiger partial charge in [-0.15, -0.1) is 0 Å². The molecule has 1 fully saturated rings. The van der Waals surface area contributed by atoms with Crippen LogP contribution in [0.15, 0.2) is 0 Å². The van der Waals surface area contributed by atoms with Crippen molar-refractivity contribution in [1.82, 2.24) is 4.90 Å². The van der Waals surface area contributed by atoms with E-state index in [0.29, 0.717) is 25.4 Å². The number of aliphatic carboxylic acids is 1. The molecule has 0 aromatic rings. The van der Waals surface area contributed by atoms with Crippen molar-refractivity contribution in [2.75, 3.05) is 24.6 Å². The molecule has 0 aliphatic carbocycles. The van der Waals surface area contributed by atoms with E-state index in [9.17, 15) is 9.59 Å². The fourth-order valence-electron chi connectivity index (χ4n) is 2.61. The molecule has 1 aliphatic heterocycles. The van der Waals surface area contributed by atoms with Gasteiger partial charge >= 0.3 is 5.97 Å². The minimum absolute atomic E-state index is 0.0543. The lowest BCUT2D eigenvalue weighted by Crippen LogP contribution is -2.47. The highest BCUT2D eigenvalue weighted by Crippen LogP contribution is 2.22. The fraction of sp³-hybridized carbons (Fsp3) is 0.857. The largest absolute Gasteiger partial charge is 0.481 e. The summed E-state index contributed by atoms with van der Waals surface area (Å²) in [7, 11) is 0. The van der Waals surface area contributed by atoms with Gasteiger partial charge in [0.2, 0.25) is 5.91 Å². The minimum atomic E-state index is -0.829. The van der Waals surface area contributed by atoms with Crippen LogP contribution in [-0.4, -0.2) is 52.5 Å². The van der Waals surface area contributed by atoms with Gasteiger partial charge in [-0.2, -0.15) is 11.8 Å². The maximum absolute atomic E-state index is 12.3. The van der Waals surface area contributed by atoms with Crippen LogP contribution < -0.4 is 5.73 Å². The molecule has 0 spiro atoms. The van der Waals surface area contributed by atoms with Crippen molar-refractivity contribution in [2.45, 2.75) is 45.1 Å². The van der Waals surface area contributed by atoms with Crippen molar-refractivity contribution in [2.24, 2.45) is 11.7 Å². The van der Waals surface area contributed by atoms with Crippen molar-refractivity contribution in [3.8, 4) is 0 Å². The number of nitrogens with zero attached hydrogens (tertiary/aromatic N) is 1. The normalized spacial score (nSPS) is 20.7. The summed E-state index contributed by atoms with van der Waals surface area (Å²) >= 11 is 1.73. The number of thioether (sulfide) groups is 1. The SMILES string of the molecule is CCC(CCN)CCC(=O)N1CCSCC1CC(=O)O. The highest BCUT2D eigenvalue weighted by atomic mass is 32.2. The predicted octanol–water partition coefficient (Wildman–Crippen LogP) is 1.56. The molecule has 0 radical (unpaired) electrons. The molecular weight excluding hydrogens is 276 g/mol. The van der Waals surface area contributed by atoms with Gasteiger partial charge in [0.25, 0.3) is 0 Å². The van der Waals surface area contributed by atoms with E-state index in [0.717, 1.165) is 30.8 Å². The highest BCUT2D eigenvalue weighted by Gasteiger charge is 2.28. The second-order valence-electron chi connectivity index (χ2n) is 5.30. The average Bonchev–Trinajstić information content (AvgIpc) is 2.43. The van der Waals surface area contributed by atoms with E-state index >= 15 is 0 Å². The Bertz CT molecular complexity index is 326. The second-order valence-corrected chi connectivity index (χ2v) is 6.45. The van der Waals surface area contributed by atoms with E-state index in [1.165, 1.54) is 0 Å². The number of carbonyl (C=O) groups excluding carboxylic acids is 1. The van der Waals surface area contributed by atoms with Gasteiger partial charge in [0.15, 0.2) is 0 Å². The van der Waals surface area contributed by atoms with E-state index in [1.807, 2.05) is 0 Å². The summed E-state index contributed by atoms with van der Waals surface area (Å²) in [4.78, 5) is 25.0. The smallest absolute Gasteiger partial charge is 0.305 e. The van der Waals surface area contributed by atoms with Gasteiger partial charge in [0.05, 0.1) is 12.5 Å². The Labute approximate surface area is 125 Å². The molecule has 1 amide bonds. The topological polar surface area (TPSA) is 83.6 Å². The third-order valence-electron chi connectivity index (χ3n) is 3.88. The van der Waals surface area contributed by atoms with Gasteiger partial charge < -0.3 is 15.7 Å². The second kappa shape index (κ2) is 9.23. The first kappa shape index (κ1) is 17.3. The van der Waals surface area contributed by atoms with E-state index in [2.05, 4.69) is 6.92 Å². The molecule has 1 aliphatic rings. The minimum Gasteiger partial charge on any atom is -0.481 e. The van der Waals surface area contributed by atoms with Crippen LogP contribution in [-0.2, 0) is 9.59 Å². The van der Waals surface area contributed by atoms with Gasteiger partial charge in [-0.25, -0.2) is 0 Å². The van der Waals surface area contributed by atoms with Gasteiger partial charge in [-0.1, -0.05) is 13.3 Å². The first-order chi connectivity index (χ1) is 9.58. The summed E-state index contributed by atoms with van der Waals surface area (Å²) in [5, 5.41) is 8.93. The lowest BCUT2D eigenvalue weighted by molar-refractivity contribution is -0.140. The van der Waals surface area contributed by atoms with Crippen LogP contribution in [0.2, 0.25) is 0 Å². The average molecular weight is 302 g/mol. The molecule has 2 atom stereocenters. The summed E-state index contributed by atoms with van der Waals surface area (Å²) in [6.45, 7) is 3.46. The number of rotatable bonds is 8. The number of carboxylic acids is 1. The molecule has 0 aromatic heterocycles. The third-order valence-corrected chi connectivity index (χ3v) is 4.97. The van der Waals surface area contributed by atoms with E-state index in [1.54, 1.807) is 16.7 Å². The van der Waals surface area contributed by atoms with E-state index < -0.39 is 5.97 Å². The Kier molecular flexibility index (Phi) is 7.99. The van der Waals surface area contributed by atoms with Crippen LogP contribution >= 0.6 is 11.8 Å². The lowest BCUT2D eigenvalue weighted by atomic mass is 9.96. The summed E-state index contributed by atoms with van der Waals surface area (Å²) in [6.07, 6.45) is 3.42. The van der Waals surface area contributed by atoms with E-state index in [-0.39, 0.29) is 18.4 Å². The molecule has 0 bridgehead atoms. The summed E-state index contributed by atoms with van der Waals surface area (Å²) in [5.41, 5.74) is 5.57. The molecule has 0 aromatic carbocycles. The molecule has 3 N–H and O–H groups in total. The maximum atomic E-state index is 12.3. The molecule has 5 nitrogen and oxygen atoms in total. The van der Waals surface area contributed by atoms with Gasteiger partial charge in [0, 0.05) is 24.5 Å². The van der Waals surface area contributed by atoms with Crippen LogP contribution in [0.1, 0.15) is 39.0 Å². The highest BCUT2D eigenvalue weighted by molar-refractivity contribution is 7.99. The van der Waals surface area contributed by atoms with Crippen LogP contribution in [0.5, 0.6) is 0 Å². The zero-order valence-electron chi connectivity index (χ0n) is 12.2. The van der Waals surface area contributed by atoms with Crippen molar-refractivity contribution < 1.29 is 14.7 Å². The number of amides is 1. The quantitative estimate of drug-likeness (QED) is 0.711. The number of carboxylic acid groups (broad SMARTS) is 1. The van der Waals surface area contributed by atoms with Gasteiger partial charge in [-0.05, 0) is 25.3 Å². The summed E-state index contributed by atoms with van der Waals surface area (Å²) in [5.74, 6) is 1.41. The molecule has 1 heterocycles. The van der Waals surface area contributed by atoms with Gasteiger partial charge in [0.1, 0.15) is 0 Å². The van der Waals surface area contributed by atoms with E-state index in [4.69, 9.17) is 10.8 Å². The Balaban J connectivity index is 2.48. The predicted molar refractivity (Wildman–Crippen MR) is 81.8 cm³/mol. The summed E-state index contributed by atoms with van der Waals surface area (Å²) < 4.78 is 0. The molecule has 116 valence electrons. The standard InChI is InChI=1S/C14H26N2O3S/c1-2-11(5-6-15)3-4-13(17)16-7-8-20-10-12(16)9-14(18)19/h11-12H,2-10,15H2,1H3,(H,18,19). The number of nitrogens with two attached hydrogens (primary N) is 1. The lowest BCUT2D eigenvalue weighted by Gasteiger charge is -2.35. The summed E-state index contributed by atoms with van der Waals surface area (Å²) in [6, 6.07) is -0.145. The van der Waals surface area contributed by atoms with Crippen LogP contribution in [0.25, 0.3) is 0 Å². The fourth-order valence-corrected chi connectivity index (χ4v) is 3.68. The molecule has 1 rings (SSSR count). The van der Waals surface area contributed by atoms with Crippen molar-refractivity contribution in [3.05, 3.63) is 0 Å².